The second-order valence-corrected chi connectivity index (χ2v) is 7.37. The molecule has 3 aromatic rings. The highest BCUT2D eigenvalue weighted by Crippen LogP contribution is 2.35. The summed E-state index contributed by atoms with van der Waals surface area (Å²) in [6.45, 7) is -0.0191. The number of aromatic nitrogens is 1. The van der Waals surface area contributed by atoms with Gasteiger partial charge in [-0.2, -0.15) is 0 Å². The Morgan fingerprint density at radius 2 is 1.84 bits per heavy atom. The Morgan fingerprint density at radius 3 is 2.55 bits per heavy atom. The molecule has 5 nitrogen and oxygen atoms in total. The number of carbonyl (C=O) groups excluding carboxylic acids is 1. The van der Waals surface area contributed by atoms with E-state index in [0.717, 1.165) is 12.1 Å². The van der Waals surface area contributed by atoms with Crippen LogP contribution in [-0.2, 0) is 5.54 Å². The van der Waals surface area contributed by atoms with Gasteiger partial charge in [0.1, 0.15) is 23.3 Å². The molecule has 2 heterocycles. The van der Waals surface area contributed by atoms with E-state index in [0.29, 0.717) is 12.0 Å². The van der Waals surface area contributed by atoms with E-state index in [2.05, 4.69) is 10.3 Å². The van der Waals surface area contributed by atoms with Gasteiger partial charge in [-0.3, -0.25) is 4.90 Å². The molecule has 2 N–H and O–H groups in total. The van der Waals surface area contributed by atoms with Gasteiger partial charge in [0.15, 0.2) is 0 Å². The number of hydrogen-bond donors (Lipinski definition) is 2. The molecule has 0 saturated carbocycles. The molecule has 2 aromatic carbocycles. The molecule has 1 aliphatic rings. The quantitative estimate of drug-likeness (QED) is 0.636. The van der Waals surface area contributed by atoms with Crippen LogP contribution in [0, 0.1) is 17.5 Å². The van der Waals surface area contributed by atoms with Crippen molar-refractivity contribution in [3.05, 3.63) is 83.7 Å². The number of amides is 2. The van der Waals surface area contributed by atoms with Gasteiger partial charge in [0.05, 0.1) is 11.2 Å². The molecule has 0 aliphatic carbocycles. The molecule has 1 aromatic heterocycles. The number of nitrogens with one attached hydrogen (secondary N) is 1. The third-order valence-corrected chi connectivity index (χ3v) is 5.50. The number of anilines is 1. The van der Waals surface area contributed by atoms with E-state index >= 15 is 0 Å². The van der Waals surface area contributed by atoms with Crippen molar-refractivity contribution >= 4 is 11.8 Å². The van der Waals surface area contributed by atoms with Crippen LogP contribution in [0.5, 0.6) is 0 Å². The standard InChI is InChI=1S/C23H20F3N3O2/c24-15-8-9-16(19(26)14-15)20-6-3-7-21(27-20)29-12-10-23(11-13-30,28-22(29)31)17-4-1-2-5-18(17)25/h1-9,14,30H,10-13H2,(H,28,31). The van der Waals surface area contributed by atoms with Crippen molar-refractivity contribution in [3.8, 4) is 11.3 Å². The minimum absolute atomic E-state index is 0.113. The Balaban J connectivity index is 1.63. The molecular formula is C23H20F3N3O2. The van der Waals surface area contributed by atoms with Crippen molar-refractivity contribution in [2.75, 3.05) is 18.1 Å². The summed E-state index contributed by atoms with van der Waals surface area (Å²) in [4.78, 5) is 18.7. The fourth-order valence-electron chi connectivity index (χ4n) is 3.94. The lowest BCUT2D eigenvalue weighted by Gasteiger charge is -2.42. The predicted octanol–water partition coefficient (Wildman–Crippen LogP) is 4.36. The van der Waals surface area contributed by atoms with Gasteiger partial charge in [0.2, 0.25) is 0 Å². The number of aliphatic hydroxyl groups is 1. The molecule has 4 rings (SSSR count). The molecule has 160 valence electrons. The summed E-state index contributed by atoms with van der Waals surface area (Å²) in [6, 6.07) is 13.6. The number of benzene rings is 2. The first-order valence-electron chi connectivity index (χ1n) is 9.81. The van der Waals surface area contributed by atoms with Gasteiger partial charge in [-0.15, -0.1) is 0 Å². The monoisotopic (exact) mass is 427 g/mol. The summed E-state index contributed by atoms with van der Waals surface area (Å²) in [6.07, 6.45) is 0.485. The first kappa shape index (κ1) is 20.9. The number of aliphatic hydroxyl groups excluding tert-OH is 1. The summed E-state index contributed by atoms with van der Waals surface area (Å²) >= 11 is 0. The first-order chi connectivity index (χ1) is 14.9. The average Bonchev–Trinajstić information content (AvgIpc) is 2.74. The molecule has 2 amide bonds. The summed E-state index contributed by atoms with van der Waals surface area (Å²) in [5.41, 5.74) is -0.369. The van der Waals surface area contributed by atoms with E-state index in [9.17, 15) is 23.1 Å². The second kappa shape index (κ2) is 8.39. The van der Waals surface area contributed by atoms with Crippen molar-refractivity contribution < 1.29 is 23.1 Å². The third kappa shape index (κ3) is 3.98. The molecule has 1 saturated heterocycles. The maximum absolute atomic E-state index is 14.5. The highest BCUT2D eigenvalue weighted by molar-refractivity contribution is 5.92. The Bertz CT molecular complexity index is 1120. The smallest absolute Gasteiger partial charge is 0.323 e. The van der Waals surface area contributed by atoms with Gasteiger partial charge in [-0.1, -0.05) is 24.3 Å². The van der Waals surface area contributed by atoms with Crippen LogP contribution in [0.1, 0.15) is 18.4 Å². The van der Waals surface area contributed by atoms with Gasteiger partial charge in [-0.25, -0.2) is 22.9 Å². The highest BCUT2D eigenvalue weighted by Gasteiger charge is 2.41. The highest BCUT2D eigenvalue weighted by atomic mass is 19.1. The van der Waals surface area contributed by atoms with Crippen LogP contribution in [0.25, 0.3) is 11.3 Å². The molecule has 0 radical (unpaired) electrons. The minimum Gasteiger partial charge on any atom is -0.396 e. The van der Waals surface area contributed by atoms with Crippen molar-refractivity contribution in [2.24, 2.45) is 0 Å². The molecule has 1 fully saturated rings. The van der Waals surface area contributed by atoms with Crippen LogP contribution in [0.3, 0.4) is 0 Å². The SMILES string of the molecule is O=C1NC(CCO)(c2ccccc2F)CCN1c1cccc(-c2ccc(F)cc2F)n1. The number of nitrogens with zero attached hydrogens (tertiary/aromatic N) is 2. The zero-order chi connectivity index (χ0) is 22.0. The van der Waals surface area contributed by atoms with Gasteiger partial charge in [0.25, 0.3) is 0 Å². The summed E-state index contributed by atoms with van der Waals surface area (Å²) in [5, 5.41) is 12.4. The van der Waals surface area contributed by atoms with E-state index in [1.807, 2.05) is 0 Å². The molecule has 1 atom stereocenters. The van der Waals surface area contributed by atoms with E-state index in [1.54, 1.807) is 36.4 Å². The van der Waals surface area contributed by atoms with Crippen LogP contribution in [0.4, 0.5) is 23.8 Å². The van der Waals surface area contributed by atoms with Crippen molar-refractivity contribution in [3.63, 3.8) is 0 Å². The first-order valence-corrected chi connectivity index (χ1v) is 9.81. The van der Waals surface area contributed by atoms with E-state index < -0.39 is 29.0 Å². The molecule has 1 aliphatic heterocycles. The van der Waals surface area contributed by atoms with E-state index in [-0.39, 0.29) is 36.6 Å². The summed E-state index contributed by atoms with van der Waals surface area (Å²) in [5.74, 6) is -1.63. The number of rotatable bonds is 5. The number of urea groups is 1. The fourth-order valence-corrected chi connectivity index (χ4v) is 3.94. The van der Waals surface area contributed by atoms with Gasteiger partial charge < -0.3 is 10.4 Å². The number of hydrogen-bond acceptors (Lipinski definition) is 3. The topological polar surface area (TPSA) is 65.5 Å². The lowest BCUT2D eigenvalue weighted by molar-refractivity contribution is 0.178. The van der Waals surface area contributed by atoms with Crippen LogP contribution in [0.2, 0.25) is 0 Å². The molecule has 0 bridgehead atoms. The number of halogens is 3. The predicted molar refractivity (Wildman–Crippen MR) is 110 cm³/mol. The Labute approximate surface area is 177 Å². The normalized spacial score (nSPS) is 18.7. The Hall–Kier alpha value is -3.39. The third-order valence-electron chi connectivity index (χ3n) is 5.50. The molecule has 8 heteroatoms. The molecule has 31 heavy (non-hydrogen) atoms. The zero-order valence-corrected chi connectivity index (χ0v) is 16.5. The Kier molecular flexibility index (Phi) is 5.65. The van der Waals surface area contributed by atoms with Crippen molar-refractivity contribution in [1.82, 2.24) is 10.3 Å². The molecule has 0 spiro atoms. The summed E-state index contributed by atoms with van der Waals surface area (Å²) in [7, 11) is 0. The average molecular weight is 427 g/mol. The van der Waals surface area contributed by atoms with Crippen molar-refractivity contribution in [1.29, 1.82) is 0 Å². The molecular weight excluding hydrogens is 407 g/mol. The summed E-state index contributed by atoms with van der Waals surface area (Å²) < 4.78 is 41.9. The van der Waals surface area contributed by atoms with E-state index in [4.69, 9.17) is 0 Å². The van der Waals surface area contributed by atoms with Gasteiger partial charge in [0, 0.05) is 30.3 Å². The zero-order valence-electron chi connectivity index (χ0n) is 16.5. The number of carbonyl (C=O) groups is 1. The fraction of sp³-hybridized carbons (Fsp3) is 0.217. The van der Waals surface area contributed by atoms with Crippen LogP contribution >= 0.6 is 0 Å². The largest absolute Gasteiger partial charge is 0.396 e. The minimum atomic E-state index is -1.05. The maximum Gasteiger partial charge on any atom is 0.323 e. The number of pyridine rings is 1. The molecule has 1 unspecified atom stereocenters. The van der Waals surface area contributed by atoms with Crippen molar-refractivity contribution in [2.45, 2.75) is 18.4 Å². The van der Waals surface area contributed by atoms with Crippen LogP contribution in [-0.4, -0.2) is 29.3 Å². The van der Waals surface area contributed by atoms with Crippen LogP contribution in [0.15, 0.2) is 60.7 Å². The van der Waals surface area contributed by atoms with Crippen LogP contribution < -0.4 is 10.2 Å². The lowest BCUT2D eigenvalue weighted by atomic mass is 9.82. The van der Waals surface area contributed by atoms with Gasteiger partial charge in [-0.05, 0) is 43.2 Å². The van der Waals surface area contributed by atoms with E-state index in [1.165, 1.54) is 17.0 Å². The van der Waals surface area contributed by atoms with Gasteiger partial charge >= 0.3 is 6.03 Å². The Morgan fingerprint density at radius 1 is 1.03 bits per heavy atom. The lowest BCUT2D eigenvalue weighted by Crippen LogP contribution is -2.59. The second-order valence-electron chi connectivity index (χ2n) is 7.37. The maximum atomic E-state index is 14.5.